The molecule has 1 N–H and O–H groups in total. The summed E-state index contributed by atoms with van der Waals surface area (Å²) >= 11 is 0. The van der Waals surface area contributed by atoms with Crippen LogP contribution in [0.5, 0.6) is 0 Å². The highest BCUT2D eigenvalue weighted by Crippen LogP contribution is 2.27. The smallest absolute Gasteiger partial charge is 0.246 e. The van der Waals surface area contributed by atoms with Crippen LogP contribution in [0.4, 0.5) is 4.39 Å². The van der Waals surface area contributed by atoms with Crippen LogP contribution in [0.3, 0.4) is 0 Å². The molecule has 0 unspecified atom stereocenters. The van der Waals surface area contributed by atoms with Gasteiger partial charge in [0.25, 0.3) is 0 Å². The zero-order valence-corrected chi connectivity index (χ0v) is 13.6. The molecule has 1 aromatic rings. The van der Waals surface area contributed by atoms with Crippen LogP contribution >= 0.6 is 0 Å². The first kappa shape index (κ1) is 16.9. The Labute approximate surface area is 130 Å². The third-order valence-electron chi connectivity index (χ3n) is 3.93. The molecule has 1 fully saturated rings. The van der Waals surface area contributed by atoms with Gasteiger partial charge in [-0.15, -0.1) is 0 Å². The molecule has 1 amide bonds. The molecule has 5 nitrogen and oxygen atoms in total. The maximum Gasteiger partial charge on any atom is 0.246 e. The third kappa shape index (κ3) is 3.30. The Balaban J connectivity index is 2.27. The second-order valence-corrected chi connectivity index (χ2v) is 7.38. The molecule has 7 heteroatoms. The van der Waals surface area contributed by atoms with E-state index in [0.717, 1.165) is 16.8 Å². The summed E-state index contributed by atoms with van der Waals surface area (Å²) in [5, 5.41) is 2.80. The van der Waals surface area contributed by atoms with Crippen molar-refractivity contribution in [2.45, 2.75) is 50.1 Å². The number of amides is 1. The first-order valence-corrected chi connectivity index (χ1v) is 8.88. The molecule has 0 aliphatic carbocycles. The highest BCUT2D eigenvalue weighted by molar-refractivity contribution is 7.89. The molecule has 2 rings (SSSR count). The summed E-state index contributed by atoms with van der Waals surface area (Å²) in [6.45, 7) is 4.03. The molecular weight excluding hydrogens is 307 g/mol. The summed E-state index contributed by atoms with van der Waals surface area (Å²) in [5.41, 5.74) is 0. The van der Waals surface area contributed by atoms with Crippen molar-refractivity contribution in [1.29, 1.82) is 0 Å². The minimum atomic E-state index is -4.01. The van der Waals surface area contributed by atoms with E-state index in [4.69, 9.17) is 0 Å². The molecule has 1 aliphatic rings. The van der Waals surface area contributed by atoms with E-state index in [1.165, 1.54) is 18.2 Å². The van der Waals surface area contributed by atoms with Crippen LogP contribution in [0.1, 0.15) is 33.1 Å². The average Bonchev–Trinajstić information content (AvgIpc) is 2.97. The minimum absolute atomic E-state index is 0.0221. The van der Waals surface area contributed by atoms with Gasteiger partial charge >= 0.3 is 0 Å². The molecule has 122 valence electrons. The SMILES string of the molecule is CC[C@H](C)NC(=O)[C@H]1CCCN1S(=O)(=O)c1ccccc1F. The van der Waals surface area contributed by atoms with Crippen LogP contribution in [0.2, 0.25) is 0 Å². The second kappa shape index (κ2) is 6.75. The lowest BCUT2D eigenvalue weighted by Crippen LogP contribution is -2.48. The topological polar surface area (TPSA) is 66.5 Å². The van der Waals surface area contributed by atoms with Crippen LogP contribution in [-0.4, -0.2) is 37.3 Å². The van der Waals surface area contributed by atoms with Crippen LogP contribution in [0.25, 0.3) is 0 Å². The lowest BCUT2D eigenvalue weighted by Gasteiger charge is -2.24. The largest absolute Gasteiger partial charge is 0.352 e. The number of hydrogen-bond donors (Lipinski definition) is 1. The number of hydrogen-bond acceptors (Lipinski definition) is 3. The quantitative estimate of drug-likeness (QED) is 0.897. The predicted octanol–water partition coefficient (Wildman–Crippen LogP) is 1.89. The minimum Gasteiger partial charge on any atom is -0.352 e. The van der Waals surface area contributed by atoms with Crippen molar-refractivity contribution in [3.8, 4) is 0 Å². The molecule has 1 aliphatic heterocycles. The van der Waals surface area contributed by atoms with Gasteiger partial charge in [0.05, 0.1) is 0 Å². The molecule has 0 spiro atoms. The zero-order chi connectivity index (χ0) is 16.3. The second-order valence-electron chi connectivity index (χ2n) is 5.52. The summed E-state index contributed by atoms with van der Waals surface area (Å²) < 4.78 is 40.2. The Morgan fingerprint density at radius 3 is 2.77 bits per heavy atom. The molecule has 0 saturated carbocycles. The number of sulfonamides is 1. The number of halogens is 1. The summed E-state index contributed by atoms with van der Waals surface area (Å²) in [5.74, 6) is -1.11. The maximum atomic E-state index is 13.8. The first-order valence-electron chi connectivity index (χ1n) is 7.44. The monoisotopic (exact) mass is 328 g/mol. The van der Waals surface area contributed by atoms with E-state index in [0.29, 0.717) is 12.8 Å². The van der Waals surface area contributed by atoms with Crippen molar-refractivity contribution in [2.75, 3.05) is 6.54 Å². The van der Waals surface area contributed by atoms with E-state index in [1.54, 1.807) is 0 Å². The summed E-state index contributed by atoms with van der Waals surface area (Å²) in [6, 6.07) is 4.46. The van der Waals surface area contributed by atoms with Crippen molar-refractivity contribution in [2.24, 2.45) is 0 Å². The molecule has 1 saturated heterocycles. The fraction of sp³-hybridized carbons (Fsp3) is 0.533. The molecule has 0 aromatic heterocycles. The van der Waals surface area contributed by atoms with Crippen LogP contribution in [0, 0.1) is 5.82 Å². The van der Waals surface area contributed by atoms with Gasteiger partial charge in [-0.1, -0.05) is 19.1 Å². The Bertz CT molecular complexity index is 648. The summed E-state index contributed by atoms with van der Waals surface area (Å²) in [4.78, 5) is 11.9. The number of carbonyl (C=O) groups is 1. The van der Waals surface area contributed by atoms with E-state index in [2.05, 4.69) is 5.32 Å². The molecular formula is C15H21FN2O3S. The van der Waals surface area contributed by atoms with Gasteiger partial charge in [-0.05, 0) is 38.3 Å². The van der Waals surface area contributed by atoms with Crippen molar-refractivity contribution in [3.05, 3.63) is 30.1 Å². The van der Waals surface area contributed by atoms with Crippen LogP contribution < -0.4 is 5.32 Å². The van der Waals surface area contributed by atoms with Gasteiger partial charge in [0, 0.05) is 12.6 Å². The van der Waals surface area contributed by atoms with Crippen LogP contribution in [-0.2, 0) is 14.8 Å². The normalized spacial score (nSPS) is 20.8. The fourth-order valence-electron chi connectivity index (χ4n) is 2.51. The molecule has 22 heavy (non-hydrogen) atoms. The molecule has 1 heterocycles. The van der Waals surface area contributed by atoms with Gasteiger partial charge in [0.1, 0.15) is 16.8 Å². The Kier molecular flexibility index (Phi) is 5.18. The average molecular weight is 328 g/mol. The summed E-state index contributed by atoms with van der Waals surface area (Å²) in [7, 11) is -4.01. The van der Waals surface area contributed by atoms with Crippen molar-refractivity contribution in [1.82, 2.24) is 9.62 Å². The highest BCUT2D eigenvalue weighted by Gasteiger charge is 2.40. The molecule has 1 aromatic carbocycles. The molecule has 0 bridgehead atoms. The number of nitrogens with one attached hydrogen (secondary N) is 1. The van der Waals surface area contributed by atoms with E-state index < -0.39 is 21.9 Å². The van der Waals surface area contributed by atoms with E-state index in [-0.39, 0.29) is 23.4 Å². The standard InChI is InChI=1S/C15H21FN2O3S/c1-3-11(2)17-15(19)13-8-6-10-18(13)22(20,21)14-9-5-4-7-12(14)16/h4-5,7,9,11,13H,3,6,8,10H2,1-2H3,(H,17,19)/t11-,13+/m0/s1. The third-order valence-corrected chi connectivity index (χ3v) is 5.87. The van der Waals surface area contributed by atoms with Crippen molar-refractivity contribution < 1.29 is 17.6 Å². The van der Waals surface area contributed by atoms with Gasteiger partial charge in [-0.2, -0.15) is 4.31 Å². The van der Waals surface area contributed by atoms with Gasteiger partial charge in [-0.25, -0.2) is 12.8 Å². The molecule has 0 radical (unpaired) electrons. The van der Waals surface area contributed by atoms with Crippen LogP contribution in [0.15, 0.2) is 29.2 Å². The highest BCUT2D eigenvalue weighted by atomic mass is 32.2. The lowest BCUT2D eigenvalue weighted by atomic mass is 10.2. The fourth-order valence-corrected chi connectivity index (χ4v) is 4.23. The predicted molar refractivity (Wildman–Crippen MR) is 81.2 cm³/mol. The first-order chi connectivity index (χ1) is 10.4. The van der Waals surface area contributed by atoms with Crippen molar-refractivity contribution in [3.63, 3.8) is 0 Å². The van der Waals surface area contributed by atoms with Gasteiger partial charge in [0.2, 0.25) is 15.9 Å². The maximum absolute atomic E-state index is 13.8. The van der Waals surface area contributed by atoms with E-state index in [9.17, 15) is 17.6 Å². The van der Waals surface area contributed by atoms with Gasteiger partial charge in [0.15, 0.2) is 0 Å². The number of benzene rings is 1. The zero-order valence-electron chi connectivity index (χ0n) is 12.8. The van der Waals surface area contributed by atoms with Gasteiger partial charge < -0.3 is 5.32 Å². The van der Waals surface area contributed by atoms with Crippen molar-refractivity contribution >= 4 is 15.9 Å². The Hall–Kier alpha value is -1.47. The molecule has 2 atom stereocenters. The van der Waals surface area contributed by atoms with E-state index in [1.807, 2.05) is 13.8 Å². The lowest BCUT2D eigenvalue weighted by molar-refractivity contribution is -0.124. The Morgan fingerprint density at radius 2 is 2.14 bits per heavy atom. The summed E-state index contributed by atoms with van der Waals surface area (Å²) in [6.07, 6.45) is 1.81. The Morgan fingerprint density at radius 1 is 1.45 bits per heavy atom. The van der Waals surface area contributed by atoms with E-state index >= 15 is 0 Å². The van der Waals surface area contributed by atoms with Gasteiger partial charge in [-0.3, -0.25) is 4.79 Å². The number of nitrogens with zero attached hydrogens (tertiary/aromatic N) is 1. The number of carbonyl (C=O) groups excluding carboxylic acids is 1. The number of rotatable bonds is 5.